The summed E-state index contributed by atoms with van der Waals surface area (Å²) in [5, 5.41) is 2.29. The zero-order valence-corrected chi connectivity index (χ0v) is 24.7. The van der Waals surface area contributed by atoms with Gasteiger partial charge < -0.3 is 4.74 Å². The number of ketones is 1. The van der Waals surface area contributed by atoms with Crippen LogP contribution < -0.4 is 15.9 Å². The molecule has 1 unspecified atom stereocenters. The minimum absolute atomic E-state index is 0.0490. The van der Waals surface area contributed by atoms with Crippen LogP contribution in [0, 0.1) is 5.92 Å². The van der Waals surface area contributed by atoms with Gasteiger partial charge in [0.25, 0.3) is 11.8 Å². The molecule has 1 heterocycles. The fraction of sp³-hybridized carbons (Fsp3) is 0.171. The number of hydrogen-bond acceptors (Lipinski definition) is 5. The van der Waals surface area contributed by atoms with Crippen molar-refractivity contribution in [3.63, 3.8) is 0 Å². The van der Waals surface area contributed by atoms with E-state index >= 15 is 4.79 Å². The molecule has 6 nitrogen and oxygen atoms in total. The van der Waals surface area contributed by atoms with Gasteiger partial charge in [0.15, 0.2) is 5.78 Å². The monoisotopic (exact) mass is 577 g/mol. The number of ether oxygens (including phenoxy) is 1. The molecule has 0 radical (unpaired) electrons. The summed E-state index contributed by atoms with van der Waals surface area (Å²) in [6.07, 6.45) is 0. The molecule has 1 atom stereocenters. The molecule has 1 aliphatic heterocycles. The average molecular weight is 578 g/mol. The highest BCUT2D eigenvalue weighted by molar-refractivity contribution is 7.97. The Balaban J connectivity index is 1.91. The van der Waals surface area contributed by atoms with Crippen LogP contribution in [0.15, 0.2) is 115 Å². The first-order valence-corrected chi connectivity index (χ1v) is 15.7. The molecule has 0 aliphatic carbocycles. The molecule has 4 aromatic rings. The van der Waals surface area contributed by atoms with Gasteiger partial charge >= 0.3 is 5.97 Å². The molecule has 0 fully saturated rings. The van der Waals surface area contributed by atoms with E-state index in [1.165, 1.54) is 0 Å². The summed E-state index contributed by atoms with van der Waals surface area (Å²) in [6.45, 7) is 2.09. The first kappa shape index (κ1) is 29.0. The van der Waals surface area contributed by atoms with Crippen LogP contribution in [0.3, 0.4) is 0 Å². The fourth-order valence-electron chi connectivity index (χ4n) is 5.71. The van der Waals surface area contributed by atoms with Gasteiger partial charge in [-0.2, -0.15) is 0 Å². The summed E-state index contributed by atoms with van der Waals surface area (Å²) in [5.74, 6) is -2.94. The van der Waals surface area contributed by atoms with Crippen molar-refractivity contribution in [1.82, 2.24) is 4.90 Å². The Morgan fingerprint density at radius 1 is 0.667 bits per heavy atom. The molecule has 0 spiro atoms. The molecule has 5 rings (SSSR count). The highest BCUT2D eigenvalue weighted by atomic mass is 31.2. The summed E-state index contributed by atoms with van der Waals surface area (Å²) in [7, 11) is 0. The van der Waals surface area contributed by atoms with Crippen molar-refractivity contribution in [2.24, 2.45) is 5.92 Å². The average Bonchev–Trinajstić information content (AvgIpc) is 3.26. The van der Waals surface area contributed by atoms with Gasteiger partial charge in [-0.15, -0.1) is 0 Å². The third-order valence-electron chi connectivity index (χ3n) is 7.47. The maximum Gasteiger partial charge on any atom is 0.342 e. The summed E-state index contributed by atoms with van der Waals surface area (Å²) in [6, 6.07) is 33.8. The highest BCUT2D eigenvalue weighted by Crippen LogP contribution is 2.47. The van der Waals surface area contributed by atoms with E-state index in [0.717, 1.165) is 20.8 Å². The number of amides is 2. The summed E-state index contributed by atoms with van der Waals surface area (Å²) in [5.41, 5.74) is 0.489. The molecular formula is C35H32NO5P. The molecule has 0 bridgehead atoms. The molecule has 0 aromatic heterocycles. The maximum atomic E-state index is 15.1. The van der Waals surface area contributed by atoms with Crippen LogP contribution in [0.2, 0.25) is 0 Å². The maximum absolute atomic E-state index is 15.1. The molecule has 42 heavy (non-hydrogen) atoms. The lowest BCUT2D eigenvalue weighted by Gasteiger charge is -2.35. The third-order valence-corrected chi connectivity index (χ3v) is 11.8. The van der Waals surface area contributed by atoms with Gasteiger partial charge in [0.1, 0.15) is 11.3 Å². The summed E-state index contributed by atoms with van der Waals surface area (Å²) >= 11 is 0. The van der Waals surface area contributed by atoms with Gasteiger partial charge in [0.2, 0.25) is 0 Å². The Hall–Kier alpha value is -4.54. The zero-order chi connectivity index (χ0) is 29.9. The molecule has 1 aliphatic rings. The lowest BCUT2D eigenvalue weighted by molar-refractivity contribution is -0.135. The lowest BCUT2D eigenvalue weighted by Crippen LogP contribution is -2.53. The van der Waals surface area contributed by atoms with Gasteiger partial charge in [-0.3, -0.25) is 19.3 Å². The van der Waals surface area contributed by atoms with E-state index in [2.05, 4.69) is 0 Å². The largest absolute Gasteiger partial charge is 0.462 e. The SMILES string of the molecule is CCOC(=O)C(C(=O)C(C(C)C)N1C(=O)c2ccccc2C1=O)=P(c1ccccc1)(c1ccccc1)c1ccccc1. The number of Topliss-reactive ketones (excluding diaryl/α,β-unsaturated/α-hetero) is 1. The van der Waals surface area contributed by atoms with Gasteiger partial charge in [0, 0.05) is 0 Å². The van der Waals surface area contributed by atoms with Crippen molar-refractivity contribution in [2.75, 3.05) is 6.61 Å². The number of imide groups is 1. The van der Waals surface area contributed by atoms with Crippen molar-refractivity contribution >= 4 is 51.7 Å². The molecule has 0 saturated carbocycles. The van der Waals surface area contributed by atoms with Crippen LogP contribution in [0.25, 0.3) is 0 Å². The van der Waals surface area contributed by atoms with Crippen LogP contribution in [-0.4, -0.2) is 46.4 Å². The number of nitrogens with zero attached hydrogens (tertiary/aromatic N) is 1. The van der Waals surface area contributed by atoms with Gasteiger partial charge in [-0.1, -0.05) is 117 Å². The zero-order valence-electron chi connectivity index (χ0n) is 23.8. The fourth-order valence-corrected chi connectivity index (χ4v) is 10.0. The Bertz CT molecular complexity index is 1560. The second-order valence-corrected chi connectivity index (χ2v) is 13.7. The van der Waals surface area contributed by atoms with Crippen LogP contribution in [-0.2, 0) is 14.3 Å². The number of hydrogen-bond donors (Lipinski definition) is 0. The Morgan fingerprint density at radius 3 is 1.40 bits per heavy atom. The molecular weight excluding hydrogens is 545 g/mol. The number of fused-ring (bicyclic) bond motifs is 1. The Kier molecular flexibility index (Phi) is 8.37. The van der Waals surface area contributed by atoms with Gasteiger partial charge in [-0.05, 0) is 47.8 Å². The number of carbonyl (C=O) groups is 4. The van der Waals surface area contributed by atoms with E-state index in [1.54, 1.807) is 45.0 Å². The smallest absolute Gasteiger partial charge is 0.342 e. The van der Waals surface area contributed by atoms with E-state index < -0.39 is 42.4 Å². The van der Waals surface area contributed by atoms with E-state index in [9.17, 15) is 14.4 Å². The normalized spacial score (nSPS) is 13.6. The van der Waals surface area contributed by atoms with E-state index in [-0.39, 0.29) is 23.0 Å². The minimum atomic E-state index is -3.21. The first-order chi connectivity index (χ1) is 20.3. The standard InChI is InChI=1S/C35H32NO5P/c1-4-41-35(40)32(31(37)30(24(2)3)36-33(38)28-22-14-15-23-29(28)34(36)39)42(25-16-8-5-9-17-25,26-18-10-6-11-19-26)27-20-12-7-13-21-27/h5-24,30H,4H2,1-3H3. The summed E-state index contributed by atoms with van der Waals surface area (Å²) in [4.78, 5) is 57.8. The molecule has 212 valence electrons. The molecule has 7 heteroatoms. The second-order valence-electron chi connectivity index (χ2n) is 10.3. The molecule has 0 saturated heterocycles. The number of benzene rings is 4. The van der Waals surface area contributed by atoms with E-state index in [4.69, 9.17) is 4.74 Å². The van der Waals surface area contributed by atoms with Crippen molar-refractivity contribution in [3.05, 3.63) is 126 Å². The number of esters is 1. The van der Waals surface area contributed by atoms with Crippen LogP contribution in [0.1, 0.15) is 41.5 Å². The number of rotatable bonds is 9. The lowest BCUT2D eigenvalue weighted by atomic mass is 9.96. The van der Waals surface area contributed by atoms with Crippen LogP contribution in [0.4, 0.5) is 0 Å². The highest BCUT2D eigenvalue weighted by Gasteiger charge is 2.48. The van der Waals surface area contributed by atoms with Crippen LogP contribution >= 0.6 is 6.89 Å². The van der Waals surface area contributed by atoms with Crippen molar-refractivity contribution in [1.29, 1.82) is 0 Å². The van der Waals surface area contributed by atoms with E-state index in [0.29, 0.717) is 0 Å². The Labute approximate surface area is 245 Å². The third kappa shape index (κ3) is 4.82. The van der Waals surface area contributed by atoms with Crippen LogP contribution in [0.5, 0.6) is 0 Å². The summed E-state index contributed by atoms with van der Waals surface area (Å²) < 4.78 is 5.65. The minimum Gasteiger partial charge on any atom is -0.462 e. The second kappa shape index (κ2) is 12.1. The number of carbonyl (C=O) groups excluding carboxylic acids is 4. The first-order valence-electron chi connectivity index (χ1n) is 14.0. The van der Waals surface area contributed by atoms with Gasteiger partial charge in [0.05, 0.1) is 17.7 Å². The quantitative estimate of drug-likeness (QED) is 0.126. The molecule has 0 N–H and O–H groups in total. The predicted molar refractivity (Wildman–Crippen MR) is 167 cm³/mol. The predicted octanol–water partition coefficient (Wildman–Crippen LogP) is 4.61. The van der Waals surface area contributed by atoms with Crippen molar-refractivity contribution in [3.8, 4) is 0 Å². The topological polar surface area (TPSA) is 80.8 Å². The molecule has 4 aromatic carbocycles. The Morgan fingerprint density at radius 2 is 1.05 bits per heavy atom. The molecule has 2 amide bonds. The van der Waals surface area contributed by atoms with E-state index in [1.807, 2.05) is 91.0 Å². The van der Waals surface area contributed by atoms with Crippen molar-refractivity contribution < 1.29 is 23.9 Å². The van der Waals surface area contributed by atoms with Gasteiger partial charge in [-0.25, -0.2) is 4.79 Å². The van der Waals surface area contributed by atoms with Crippen molar-refractivity contribution in [2.45, 2.75) is 26.8 Å².